The Morgan fingerprint density at radius 2 is 1.28 bits per heavy atom. The number of ether oxygens (including phenoxy) is 1. The molecule has 166 valence electrons. The van der Waals surface area contributed by atoms with Gasteiger partial charge in [0, 0.05) is 21.9 Å². The molecular weight excluding hydrogens is 460 g/mol. The van der Waals surface area contributed by atoms with Crippen LogP contribution in [0.5, 0.6) is 5.75 Å². The van der Waals surface area contributed by atoms with E-state index in [0.717, 1.165) is 33.3 Å². The molecule has 0 unspecified atom stereocenters. The number of hydrogen-bond donors (Lipinski definition) is 0. The Morgan fingerprint density at radius 1 is 0.781 bits per heavy atom. The van der Waals surface area contributed by atoms with Gasteiger partial charge >= 0.3 is 0 Å². The van der Waals surface area contributed by atoms with Gasteiger partial charge in [-0.3, -0.25) is 0 Å². The zero-order valence-corrected chi connectivity index (χ0v) is 20.4. The average Bonchev–Trinajstić information content (AvgIpc) is 3.44. The van der Waals surface area contributed by atoms with Gasteiger partial charge in [-0.05, 0) is 43.2 Å². The minimum absolute atomic E-state index is 0.0908. The monoisotopic (exact) mass is 484 g/mol. The molecule has 2 heterocycles. The van der Waals surface area contributed by atoms with Crippen LogP contribution in [-0.4, -0.2) is 25.0 Å². The summed E-state index contributed by atoms with van der Waals surface area (Å²) in [6.45, 7) is 4.67. The molecular formula is C24H24N2O3S3. The van der Waals surface area contributed by atoms with Crippen molar-refractivity contribution in [2.75, 3.05) is 6.61 Å². The fraction of sp³-hybridized carbons (Fsp3) is 0.250. The molecule has 5 nitrogen and oxygen atoms in total. The molecule has 0 saturated heterocycles. The standard InChI is InChI=1S/C24H24N2O3S3/c1-3-17-5-7-18(8-6-17)23-25-20(13-30-23)15-32(27,28)16-21-14-31-24(26-21)19-9-11-22(12-10-19)29-4-2/h5-14H,3-4,15-16H2,1-2H3. The van der Waals surface area contributed by atoms with E-state index in [4.69, 9.17) is 4.74 Å². The van der Waals surface area contributed by atoms with Crippen molar-refractivity contribution in [3.8, 4) is 26.9 Å². The molecule has 4 rings (SSSR count). The highest BCUT2D eigenvalue weighted by Crippen LogP contribution is 2.28. The van der Waals surface area contributed by atoms with Crippen molar-refractivity contribution in [2.45, 2.75) is 31.8 Å². The first kappa shape index (κ1) is 22.6. The van der Waals surface area contributed by atoms with Gasteiger partial charge in [0.15, 0.2) is 9.84 Å². The summed E-state index contributed by atoms with van der Waals surface area (Å²) >= 11 is 2.91. The van der Waals surface area contributed by atoms with Crippen LogP contribution in [0.1, 0.15) is 30.8 Å². The molecule has 0 aliphatic carbocycles. The van der Waals surface area contributed by atoms with Crippen LogP contribution in [0.25, 0.3) is 21.1 Å². The average molecular weight is 485 g/mol. The van der Waals surface area contributed by atoms with Crippen molar-refractivity contribution in [2.24, 2.45) is 0 Å². The topological polar surface area (TPSA) is 69.2 Å². The number of aryl methyl sites for hydroxylation is 1. The molecule has 0 fully saturated rings. The highest BCUT2D eigenvalue weighted by atomic mass is 32.2. The van der Waals surface area contributed by atoms with E-state index in [-0.39, 0.29) is 11.5 Å². The highest BCUT2D eigenvalue weighted by Gasteiger charge is 2.18. The lowest BCUT2D eigenvalue weighted by Crippen LogP contribution is -2.08. The van der Waals surface area contributed by atoms with Crippen LogP contribution in [0.3, 0.4) is 0 Å². The maximum atomic E-state index is 12.8. The van der Waals surface area contributed by atoms with Gasteiger partial charge in [0.2, 0.25) is 0 Å². The lowest BCUT2D eigenvalue weighted by molar-refractivity contribution is 0.340. The highest BCUT2D eigenvalue weighted by molar-refractivity contribution is 7.89. The van der Waals surface area contributed by atoms with Crippen molar-refractivity contribution in [1.29, 1.82) is 0 Å². The summed E-state index contributed by atoms with van der Waals surface area (Å²) in [7, 11) is -3.38. The van der Waals surface area contributed by atoms with Gasteiger partial charge in [0.05, 0.1) is 29.5 Å². The zero-order chi connectivity index (χ0) is 22.6. The summed E-state index contributed by atoms with van der Waals surface area (Å²) in [5.74, 6) is 0.616. The van der Waals surface area contributed by atoms with Gasteiger partial charge in [-0.15, -0.1) is 22.7 Å². The Balaban J connectivity index is 1.42. The van der Waals surface area contributed by atoms with Crippen LogP contribution in [0, 0.1) is 0 Å². The van der Waals surface area contributed by atoms with Crippen LogP contribution in [0.4, 0.5) is 0 Å². The van der Waals surface area contributed by atoms with Crippen molar-refractivity contribution in [3.05, 3.63) is 76.2 Å². The summed E-state index contributed by atoms with van der Waals surface area (Å²) in [4.78, 5) is 9.08. The number of benzene rings is 2. The van der Waals surface area contributed by atoms with Crippen molar-refractivity contribution >= 4 is 32.5 Å². The molecule has 0 bridgehead atoms. The van der Waals surface area contributed by atoms with Gasteiger partial charge in [-0.1, -0.05) is 31.2 Å². The summed E-state index contributed by atoms with van der Waals surface area (Å²) in [6.07, 6.45) is 0.985. The quantitative estimate of drug-likeness (QED) is 0.291. The molecule has 0 spiro atoms. The third-order valence-corrected chi connectivity index (χ3v) is 8.21. The molecule has 2 aromatic carbocycles. The third-order valence-electron chi connectivity index (χ3n) is 4.86. The van der Waals surface area contributed by atoms with E-state index in [1.54, 1.807) is 0 Å². The number of sulfone groups is 1. The summed E-state index contributed by atoms with van der Waals surface area (Å²) in [5.41, 5.74) is 4.35. The Labute approximate surface area is 196 Å². The first-order valence-corrected chi connectivity index (χ1v) is 14.0. The van der Waals surface area contributed by atoms with Gasteiger partial charge in [-0.25, -0.2) is 18.4 Å². The molecule has 0 saturated carbocycles. The van der Waals surface area contributed by atoms with E-state index in [1.165, 1.54) is 28.2 Å². The summed E-state index contributed by atoms with van der Waals surface area (Å²) < 4.78 is 31.0. The Bertz CT molecular complexity index is 1270. The van der Waals surface area contributed by atoms with Crippen molar-refractivity contribution in [3.63, 3.8) is 0 Å². The molecule has 0 atom stereocenters. The molecule has 0 amide bonds. The largest absolute Gasteiger partial charge is 0.494 e. The normalized spacial score (nSPS) is 11.6. The Morgan fingerprint density at radius 3 is 1.75 bits per heavy atom. The van der Waals surface area contributed by atoms with Gasteiger partial charge < -0.3 is 4.74 Å². The maximum Gasteiger partial charge on any atom is 0.161 e. The molecule has 0 radical (unpaired) electrons. The SMILES string of the molecule is CCOc1ccc(-c2nc(CS(=O)(=O)Cc3csc(-c4ccc(CC)cc4)n3)cs2)cc1. The van der Waals surface area contributed by atoms with Gasteiger partial charge in [0.25, 0.3) is 0 Å². The maximum absolute atomic E-state index is 12.8. The van der Waals surface area contributed by atoms with E-state index in [0.29, 0.717) is 18.0 Å². The first-order valence-electron chi connectivity index (χ1n) is 10.4. The second-order valence-electron chi connectivity index (χ2n) is 7.33. The lowest BCUT2D eigenvalue weighted by Gasteiger charge is -2.03. The second-order valence-corrected chi connectivity index (χ2v) is 11.1. The summed E-state index contributed by atoms with van der Waals surface area (Å²) in [5, 5.41) is 5.27. The van der Waals surface area contributed by atoms with E-state index < -0.39 is 9.84 Å². The van der Waals surface area contributed by atoms with E-state index >= 15 is 0 Å². The Kier molecular flexibility index (Phi) is 7.03. The van der Waals surface area contributed by atoms with Crippen LogP contribution in [0.2, 0.25) is 0 Å². The Hall–Kier alpha value is -2.55. The molecule has 2 aromatic heterocycles. The number of rotatable bonds is 9. The number of hydrogen-bond acceptors (Lipinski definition) is 7. The van der Waals surface area contributed by atoms with Gasteiger partial charge in [0.1, 0.15) is 15.8 Å². The van der Waals surface area contributed by atoms with Crippen LogP contribution < -0.4 is 4.74 Å². The smallest absolute Gasteiger partial charge is 0.161 e. The van der Waals surface area contributed by atoms with Crippen molar-refractivity contribution < 1.29 is 13.2 Å². The molecule has 0 N–H and O–H groups in total. The number of aromatic nitrogens is 2. The predicted molar refractivity (Wildman–Crippen MR) is 132 cm³/mol. The summed E-state index contributed by atoms with van der Waals surface area (Å²) in [6, 6.07) is 15.9. The fourth-order valence-electron chi connectivity index (χ4n) is 3.26. The molecule has 32 heavy (non-hydrogen) atoms. The van der Waals surface area contributed by atoms with Crippen LogP contribution in [0.15, 0.2) is 59.3 Å². The second kappa shape index (κ2) is 9.94. The molecule has 8 heteroatoms. The molecule has 4 aromatic rings. The van der Waals surface area contributed by atoms with E-state index in [1.807, 2.05) is 54.1 Å². The van der Waals surface area contributed by atoms with Gasteiger partial charge in [-0.2, -0.15) is 0 Å². The van der Waals surface area contributed by atoms with Crippen molar-refractivity contribution in [1.82, 2.24) is 9.97 Å². The van der Waals surface area contributed by atoms with E-state index in [9.17, 15) is 8.42 Å². The van der Waals surface area contributed by atoms with Crippen LogP contribution >= 0.6 is 22.7 Å². The minimum atomic E-state index is -3.38. The fourth-order valence-corrected chi connectivity index (χ4v) is 6.42. The number of thiazole rings is 2. The first-order chi connectivity index (χ1) is 15.5. The lowest BCUT2D eigenvalue weighted by atomic mass is 10.1. The zero-order valence-electron chi connectivity index (χ0n) is 17.9. The van der Waals surface area contributed by atoms with Crippen LogP contribution in [-0.2, 0) is 27.8 Å². The minimum Gasteiger partial charge on any atom is -0.494 e. The number of nitrogens with zero attached hydrogens (tertiary/aromatic N) is 2. The predicted octanol–water partition coefficient (Wildman–Crippen LogP) is 6.01. The van der Waals surface area contributed by atoms with E-state index in [2.05, 4.69) is 29.0 Å². The molecule has 0 aliphatic rings. The molecule has 0 aliphatic heterocycles. The third kappa shape index (κ3) is 5.62.